The number of benzene rings is 1. The Bertz CT molecular complexity index is 647. The second-order valence-electron chi connectivity index (χ2n) is 4.04. The van der Waals surface area contributed by atoms with Gasteiger partial charge in [-0.1, -0.05) is 40.6 Å². The van der Waals surface area contributed by atoms with Crippen molar-refractivity contribution in [2.75, 3.05) is 0 Å². The highest BCUT2D eigenvalue weighted by molar-refractivity contribution is 5.80. The molecule has 0 unspecified atom stereocenters. The van der Waals surface area contributed by atoms with Gasteiger partial charge in [-0.05, 0) is 19.1 Å². The molecule has 98 valence electrons. The summed E-state index contributed by atoms with van der Waals surface area (Å²) in [6, 6.07) is 13.1. The summed E-state index contributed by atoms with van der Waals surface area (Å²) in [5, 5.41) is 28.3. The van der Waals surface area contributed by atoms with E-state index in [0.717, 1.165) is 11.3 Å². The molecule has 2 N–H and O–H groups in total. The van der Waals surface area contributed by atoms with Crippen molar-refractivity contribution in [3.05, 3.63) is 48.0 Å². The lowest BCUT2D eigenvalue weighted by molar-refractivity contribution is 0.290. The lowest BCUT2D eigenvalue weighted by Crippen LogP contribution is -2.26. The van der Waals surface area contributed by atoms with Crippen LogP contribution in [0.3, 0.4) is 0 Å². The smallest absolute Gasteiger partial charge is 0.188 e. The number of nitrogens with zero attached hydrogens (tertiary/aromatic N) is 4. The molecular formula is C13H14N4O2. The van der Waals surface area contributed by atoms with Gasteiger partial charge in [0.2, 0.25) is 0 Å². The van der Waals surface area contributed by atoms with Gasteiger partial charge < -0.3 is 10.4 Å². The van der Waals surface area contributed by atoms with E-state index < -0.39 is 0 Å². The minimum Gasteiger partial charge on any atom is -0.411 e. The third-order valence-corrected chi connectivity index (χ3v) is 2.60. The predicted molar refractivity (Wildman–Crippen MR) is 69.9 cm³/mol. The molecule has 2 aromatic rings. The van der Waals surface area contributed by atoms with Crippen LogP contribution in [0.25, 0.3) is 11.3 Å². The molecule has 1 heterocycles. The lowest BCUT2D eigenvalue weighted by Gasteiger charge is -2.07. The maximum atomic E-state index is 8.93. The monoisotopic (exact) mass is 258 g/mol. The van der Waals surface area contributed by atoms with Crippen molar-refractivity contribution >= 4 is 5.71 Å². The van der Waals surface area contributed by atoms with Crippen LogP contribution in [0.2, 0.25) is 0 Å². The van der Waals surface area contributed by atoms with E-state index in [9.17, 15) is 0 Å². The van der Waals surface area contributed by atoms with Crippen molar-refractivity contribution in [3.8, 4) is 11.3 Å². The van der Waals surface area contributed by atoms with E-state index >= 15 is 0 Å². The normalized spacial score (nSPS) is 12.7. The van der Waals surface area contributed by atoms with Crippen molar-refractivity contribution in [3.63, 3.8) is 0 Å². The molecule has 0 saturated heterocycles. The first-order chi connectivity index (χ1) is 9.24. The van der Waals surface area contributed by atoms with Crippen molar-refractivity contribution in [2.24, 2.45) is 10.3 Å². The van der Waals surface area contributed by atoms with Crippen LogP contribution in [-0.4, -0.2) is 25.9 Å². The zero-order chi connectivity index (χ0) is 13.7. The largest absolute Gasteiger partial charge is 0.411 e. The summed E-state index contributed by atoms with van der Waals surface area (Å²) in [5.74, 6) is 0. The molecule has 0 radical (unpaired) electrons. The molecule has 6 heteroatoms. The Balaban J connectivity index is 2.47. The number of hydrogen-bond acceptors (Lipinski definition) is 5. The molecular weight excluding hydrogens is 244 g/mol. The molecule has 0 aliphatic heterocycles. The summed E-state index contributed by atoms with van der Waals surface area (Å²) in [6.07, 6.45) is 0. The average Bonchev–Trinajstić information content (AvgIpc) is 2.48. The molecule has 1 aromatic carbocycles. The van der Waals surface area contributed by atoms with E-state index in [0.29, 0.717) is 11.2 Å². The van der Waals surface area contributed by atoms with Gasteiger partial charge in [0.05, 0.1) is 18.0 Å². The first kappa shape index (κ1) is 12.8. The fraction of sp³-hybridized carbons (Fsp3) is 0.154. The summed E-state index contributed by atoms with van der Waals surface area (Å²) >= 11 is 0. The van der Waals surface area contributed by atoms with Crippen LogP contribution in [-0.2, 0) is 6.54 Å². The highest BCUT2D eigenvalue weighted by atomic mass is 16.4. The zero-order valence-electron chi connectivity index (χ0n) is 10.4. The maximum Gasteiger partial charge on any atom is 0.188 e. The van der Waals surface area contributed by atoms with E-state index in [1.165, 1.54) is 4.68 Å². The topological polar surface area (TPSA) is 83.0 Å². The highest BCUT2D eigenvalue weighted by Gasteiger charge is 2.03. The van der Waals surface area contributed by atoms with Crippen molar-refractivity contribution in [1.82, 2.24) is 9.78 Å². The fourth-order valence-corrected chi connectivity index (χ4v) is 1.67. The minimum atomic E-state index is 0.247. The van der Waals surface area contributed by atoms with Gasteiger partial charge in [-0.15, -0.1) is 0 Å². The number of aromatic nitrogens is 2. The Morgan fingerprint density at radius 2 is 1.89 bits per heavy atom. The maximum absolute atomic E-state index is 8.93. The Morgan fingerprint density at radius 3 is 2.53 bits per heavy atom. The molecule has 1 aromatic heterocycles. The molecule has 0 atom stereocenters. The summed E-state index contributed by atoms with van der Waals surface area (Å²) in [5.41, 5.74) is 2.47. The van der Waals surface area contributed by atoms with Gasteiger partial charge in [0.25, 0.3) is 0 Å². The van der Waals surface area contributed by atoms with Gasteiger partial charge in [-0.3, -0.25) is 0 Å². The summed E-state index contributed by atoms with van der Waals surface area (Å²) < 4.78 is 1.47. The van der Waals surface area contributed by atoms with Crippen LogP contribution in [0.15, 0.2) is 52.8 Å². The molecule has 2 rings (SSSR count). The van der Waals surface area contributed by atoms with E-state index in [-0.39, 0.29) is 6.54 Å². The second kappa shape index (κ2) is 5.81. The van der Waals surface area contributed by atoms with Crippen LogP contribution >= 0.6 is 0 Å². The quantitative estimate of drug-likeness (QED) is 0.499. The van der Waals surface area contributed by atoms with Crippen LogP contribution < -0.4 is 5.49 Å². The summed E-state index contributed by atoms with van der Waals surface area (Å²) in [7, 11) is 0. The summed E-state index contributed by atoms with van der Waals surface area (Å²) in [6.45, 7) is 1.90. The molecule has 0 fully saturated rings. The molecule has 0 bridgehead atoms. The van der Waals surface area contributed by atoms with Gasteiger partial charge in [-0.2, -0.15) is 5.10 Å². The molecule has 0 spiro atoms. The standard InChI is InChI=1S/C13H14N4O2/c1-10(15-18)9-17-13(16-19)8-7-12(14-17)11-5-3-2-4-6-11/h2-8,18-19H,9H2,1H3/b15-10?,16-13+. The van der Waals surface area contributed by atoms with E-state index in [1.54, 1.807) is 19.1 Å². The predicted octanol–water partition coefficient (Wildman–Crippen LogP) is 1.69. The van der Waals surface area contributed by atoms with Crippen molar-refractivity contribution in [2.45, 2.75) is 13.5 Å². The van der Waals surface area contributed by atoms with Gasteiger partial charge in [-0.25, -0.2) is 4.68 Å². The van der Waals surface area contributed by atoms with E-state index in [4.69, 9.17) is 10.4 Å². The molecule has 0 amide bonds. The first-order valence-corrected chi connectivity index (χ1v) is 5.74. The average molecular weight is 258 g/mol. The van der Waals surface area contributed by atoms with Gasteiger partial charge >= 0.3 is 0 Å². The van der Waals surface area contributed by atoms with Gasteiger partial charge in [0, 0.05) is 5.56 Å². The molecule has 0 aliphatic carbocycles. The SMILES string of the molecule is CC(Cn1nc(-c2ccccc2)cc/c1=N\O)=NO. The molecule has 0 saturated carbocycles. The highest BCUT2D eigenvalue weighted by Crippen LogP contribution is 2.13. The van der Waals surface area contributed by atoms with Crippen LogP contribution in [0.1, 0.15) is 6.92 Å². The van der Waals surface area contributed by atoms with E-state index in [2.05, 4.69) is 15.4 Å². The van der Waals surface area contributed by atoms with Crippen LogP contribution in [0, 0.1) is 0 Å². The third-order valence-electron chi connectivity index (χ3n) is 2.60. The van der Waals surface area contributed by atoms with Crippen LogP contribution in [0.4, 0.5) is 0 Å². The molecule has 6 nitrogen and oxygen atoms in total. The molecule has 0 aliphatic rings. The van der Waals surface area contributed by atoms with E-state index in [1.807, 2.05) is 30.3 Å². The minimum absolute atomic E-state index is 0.247. The number of oxime groups is 1. The Hall–Kier alpha value is -2.63. The zero-order valence-corrected chi connectivity index (χ0v) is 10.4. The lowest BCUT2D eigenvalue weighted by atomic mass is 10.1. The Kier molecular flexibility index (Phi) is 3.92. The Morgan fingerprint density at radius 1 is 1.16 bits per heavy atom. The van der Waals surface area contributed by atoms with Crippen molar-refractivity contribution < 1.29 is 10.4 Å². The van der Waals surface area contributed by atoms with Crippen molar-refractivity contribution in [1.29, 1.82) is 0 Å². The second-order valence-corrected chi connectivity index (χ2v) is 4.04. The number of rotatable bonds is 3. The number of hydrogen-bond donors (Lipinski definition) is 2. The first-order valence-electron chi connectivity index (χ1n) is 5.74. The Labute approximate surface area is 109 Å². The fourth-order valence-electron chi connectivity index (χ4n) is 1.67. The molecule has 19 heavy (non-hydrogen) atoms. The van der Waals surface area contributed by atoms with Gasteiger partial charge in [0.1, 0.15) is 0 Å². The van der Waals surface area contributed by atoms with Crippen LogP contribution in [0.5, 0.6) is 0 Å². The van der Waals surface area contributed by atoms with Gasteiger partial charge in [0.15, 0.2) is 5.49 Å². The third kappa shape index (κ3) is 2.98. The summed E-state index contributed by atoms with van der Waals surface area (Å²) in [4.78, 5) is 0.